The molecule has 36 heavy (non-hydrogen) atoms. The molecule has 0 fully saturated rings. The molecule has 0 amide bonds. The zero-order chi connectivity index (χ0) is 24.2. The molecule has 7 rings (SSSR count). The minimum absolute atomic E-state index is 0.270. The van der Waals surface area contributed by atoms with E-state index in [-0.39, 0.29) is 6.79 Å². The number of benzene rings is 4. The largest absolute Gasteiger partial charge is 0.454 e. The SMILES string of the molecule is CN1C(c2ccc3c(c2)OCO3)=C/C(=C\c2cc[n+](C)c3ccccc23)c2c1ccc1ccccc21. The highest BCUT2D eigenvalue weighted by Gasteiger charge is 2.25. The van der Waals surface area contributed by atoms with Crippen LogP contribution in [0.25, 0.3) is 39.0 Å². The van der Waals surface area contributed by atoms with Gasteiger partial charge in [-0.15, -0.1) is 0 Å². The Morgan fingerprint density at radius 2 is 1.64 bits per heavy atom. The summed E-state index contributed by atoms with van der Waals surface area (Å²) in [5, 5.41) is 3.72. The van der Waals surface area contributed by atoms with Crippen molar-refractivity contribution in [2.24, 2.45) is 7.05 Å². The molecule has 0 atom stereocenters. The first-order valence-electron chi connectivity index (χ1n) is 12.1. The molecule has 0 spiro atoms. The Bertz CT molecular complexity index is 1750. The van der Waals surface area contributed by atoms with Crippen molar-refractivity contribution in [1.29, 1.82) is 0 Å². The van der Waals surface area contributed by atoms with Crippen LogP contribution >= 0.6 is 0 Å². The van der Waals surface area contributed by atoms with E-state index in [0.717, 1.165) is 22.8 Å². The van der Waals surface area contributed by atoms with Gasteiger partial charge in [0.05, 0.1) is 5.39 Å². The molecule has 4 nitrogen and oxygen atoms in total. The van der Waals surface area contributed by atoms with Crippen LogP contribution in [0.5, 0.6) is 11.5 Å². The van der Waals surface area contributed by atoms with Gasteiger partial charge < -0.3 is 14.4 Å². The highest BCUT2D eigenvalue weighted by Crippen LogP contribution is 2.45. The quantitative estimate of drug-likeness (QED) is 0.273. The molecule has 3 heterocycles. The van der Waals surface area contributed by atoms with Gasteiger partial charge in [-0.1, -0.05) is 42.5 Å². The third kappa shape index (κ3) is 3.18. The smallest absolute Gasteiger partial charge is 0.231 e. The Morgan fingerprint density at radius 1 is 0.833 bits per heavy atom. The lowest BCUT2D eigenvalue weighted by atomic mass is 9.89. The molecule has 5 aromatic rings. The van der Waals surface area contributed by atoms with Gasteiger partial charge in [0.1, 0.15) is 7.05 Å². The monoisotopic (exact) mass is 469 g/mol. The zero-order valence-corrected chi connectivity index (χ0v) is 20.2. The predicted molar refractivity (Wildman–Crippen MR) is 146 cm³/mol. The number of nitrogens with zero attached hydrogens (tertiary/aromatic N) is 2. The molecule has 4 heteroatoms. The maximum atomic E-state index is 5.69. The van der Waals surface area contributed by atoms with E-state index in [4.69, 9.17) is 9.47 Å². The van der Waals surface area contributed by atoms with E-state index in [1.54, 1.807) is 0 Å². The van der Waals surface area contributed by atoms with E-state index in [0.29, 0.717) is 0 Å². The van der Waals surface area contributed by atoms with E-state index in [1.165, 1.54) is 44.1 Å². The van der Waals surface area contributed by atoms with Gasteiger partial charge in [0.15, 0.2) is 17.7 Å². The molecule has 0 saturated carbocycles. The lowest BCUT2D eigenvalue weighted by Gasteiger charge is -2.31. The van der Waals surface area contributed by atoms with Crippen molar-refractivity contribution in [1.82, 2.24) is 0 Å². The van der Waals surface area contributed by atoms with Crippen LogP contribution in [0, 0.1) is 0 Å². The van der Waals surface area contributed by atoms with Crippen molar-refractivity contribution >= 4 is 44.7 Å². The van der Waals surface area contributed by atoms with E-state index < -0.39 is 0 Å². The Hall–Kier alpha value is -4.57. The summed E-state index contributed by atoms with van der Waals surface area (Å²) >= 11 is 0. The van der Waals surface area contributed by atoms with Crippen LogP contribution in [0.1, 0.15) is 16.7 Å². The number of aryl methyl sites for hydroxylation is 1. The van der Waals surface area contributed by atoms with Gasteiger partial charge in [0.25, 0.3) is 0 Å². The highest BCUT2D eigenvalue weighted by atomic mass is 16.7. The van der Waals surface area contributed by atoms with Crippen LogP contribution in [0.4, 0.5) is 5.69 Å². The molecule has 0 N–H and O–H groups in total. The average molecular weight is 470 g/mol. The number of allylic oxidation sites excluding steroid dienone is 2. The maximum absolute atomic E-state index is 5.69. The lowest BCUT2D eigenvalue weighted by molar-refractivity contribution is -0.644. The zero-order valence-electron chi connectivity index (χ0n) is 20.2. The van der Waals surface area contributed by atoms with Gasteiger partial charge in [-0.05, 0) is 64.4 Å². The summed E-state index contributed by atoms with van der Waals surface area (Å²) in [7, 11) is 4.23. The van der Waals surface area contributed by atoms with E-state index in [9.17, 15) is 0 Å². The Balaban J connectivity index is 1.50. The summed E-state index contributed by atoms with van der Waals surface area (Å²) in [6.07, 6.45) is 6.76. The molecule has 0 aliphatic carbocycles. The molecule has 0 saturated heterocycles. The standard InChI is InChI=1S/C32H25N2O2/c1-33-16-15-22(25-8-5-6-10-27(25)33)17-24-18-29(23-12-14-30-31(19-23)36-20-35-30)34(2)28-13-11-21-7-3-4-9-26(21)32(24)28/h3-19H,20H2,1-2H3/q+1. The summed E-state index contributed by atoms with van der Waals surface area (Å²) in [6, 6.07) is 30.0. The van der Waals surface area contributed by atoms with Gasteiger partial charge in [-0.2, -0.15) is 0 Å². The highest BCUT2D eigenvalue weighted by molar-refractivity contribution is 6.12. The first-order valence-corrected chi connectivity index (χ1v) is 12.1. The molecule has 0 unspecified atom stereocenters. The van der Waals surface area contributed by atoms with Crippen molar-refractivity contribution in [3.05, 3.63) is 114 Å². The second-order valence-corrected chi connectivity index (χ2v) is 9.34. The summed E-state index contributed by atoms with van der Waals surface area (Å²) in [6.45, 7) is 0.270. The first-order chi connectivity index (χ1) is 17.7. The third-order valence-electron chi connectivity index (χ3n) is 7.26. The summed E-state index contributed by atoms with van der Waals surface area (Å²) in [5.41, 5.74) is 8.23. The van der Waals surface area contributed by atoms with Crippen molar-refractivity contribution in [3.63, 3.8) is 0 Å². The number of fused-ring (bicyclic) bond motifs is 5. The van der Waals surface area contributed by atoms with Gasteiger partial charge in [0, 0.05) is 41.7 Å². The number of ether oxygens (including phenoxy) is 2. The van der Waals surface area contributed by atoms with Crippen LogP contribution in [-0.4, -0.2) is 13.8 Å². The second-order valence-electron chi connectivity index (χ2n) is 9.34. The van der Waals surface area contributed by atoms with Gasteiger partial charge in [-0.25, -0.2) is 4.57 Å². The molecule has 174 valence electrons. The van der Waals surface area contributed by atoms with Crippen molar-refractivity contribution in [3.8, 4) is 11.5 Å². The van der Waals surface area contributed by atoms with Crippen molar-refractivity contribution in [2.45, 2.75) is 0 Å². The lowest BCUT2D eigenvalue weighted by Crippen LogP contribution is -2.28. The predicted octanol–water partition coefficient (Wildman–Crippen LogP) is 6.58. The number of para-hydroxylation sites is 1. The second kappa shape index (κ2) is 7.99. The fraction of sp³-hybridized carbons (Fsp3) is 0.0938. The molecular formula is C32H25N2O2+. The van der Waals surface area contributed by atoms with Crippen LogP contribution < -0.4 is 18.9 Å². The molecule has 4 aromatic carbocycles. The Morgan fingerprint density at radius 3 is 2.56 bits per heavy atom. The molecule has 1 aromatic heterocycles. The summed E-state index contributed by atoms with van der Waals surface area (Å²) in [5.74, 6) is 1.58. The minimum Gasteiger partial charge on any atom is -0.454 e. The number of anilines is 1. The number of pyridine rings is 1. The van der Waals surface area contributed by atoms with E-state index in [1.807, 2.05) is 6.07 Å². The van der Waals surface area contributed by atoms with Crippen LogP contribution in [0.15, 0.2) is 97.2 Å². The number of aromatic nitrogens is 1. The summed E-state index contributed by atoms with van der Waals surface area (Å²) < 4.78 is 13.4. The van der Waals surface area contributed by atoms with Crippen molar-refractivity contribution in [2.75, 3.05) is 18.7 Å². The van der Waals surface area contributed by atoms with Crippen LogP contribution in [-0.2, 0) is 7.05 Å². The fourth-order valence-corrected chi connectivity index (χ4v) is 5.42. The average Bonchev–Trinajstić information content (AvgIpc) is 3.39. The molecule has 0 bridgehead atoms. The molecule has 2 aliphatic heterocycles. The number of rotatable bonds is 2. The number of hydrogen-bond acceptors (Lipinski definition) is 3. The normalized spacial score (nSPS) is 15.4. The van der Waals surface area contributed by atoms with Gasteiger partial charge in [-0.3, -0.25) is 0 Å². The minimum atomic E-state index is 0.270. The maximum Gasteiger partial charge on any atom is 0.231 e. The first kappa shape index (κ1) is 20.8. The van der Waals surface area contributed by atoms with Gasteiger partial charge in [0.2, 0.25) is 12.3 Å². The fourth-order valence-electron chi connectivity index (χ4n) is 5.42. The Kier molecular flexibility index (Phi) is 4.61. The Labute approximate surface area is 209 Å². The number of hydrogen-bond donors (Lipinski definition) is 0. The molecular weight excluding hydrogens is 444 g/mol. The topological polar surface area (TPSA) is 25.6 Å². The van der Waals surface area contributed by atoms with Crippen LogP contribution in [0.3, 0.4) is 0 Å². The van der Waals surface area contributed by atoms with Crippen molar-refractivity contribution < 1.29 is 14.0 Å². The summed E-state index contributed by atoms with van der Waals surface area (Å²) in [4.78, 5) is 2.28. The third-order valence-corrected chi connectivity index (χ3v) is 7.26. The molecule has 2 aliphatic rings. The molecule has 0 radical (unpaired) electrons. The van der Waals surface area contributed by atoms with E-state index in [2.05, 4.69) is 121 Å². The van der Waals surface area contributed by atoms with E-state index >= 15 is 0 Å². The van der Waals surface area contributed by atoms with Gasteiger partial charge >= 0.3 is 0 Å². The van der Waals surface area contributed by atoms with Crippen LogP contribution in [0.2, 0.25) is 0 Å².